The van der Waals surface area contributed by atoms with Gasteiger partial charge in [0.25, 0.3) is 0 Å². The van der Waals surface area contributed by atoms with Gasteiger partial charge in [0, 0.05) is 5.56 Å². The fourth-order valence-corrected chi connectivity index (χ4v) is 1.73. The largest absolute Gasteiger partial charge is 0.492 e. The van der Waals surface area contributed by atoms with Gasteiger partial charge in [-0.05, 0) is 11.6 Å². The summed E-state index contributed by atoms with van der Waals surface area (Å²) >= 11 is 5.63. The third-order valence-corrected chi connectivity index (χ3v) is 2.66. The summed E-state index contributed by atoms with van der Waals surface area (Å²) in [5.41, 5.74) is 2.23. The smallest absolute Gasteiger partial charge is 0.126 e. The van der Waals surface area contributed by atoms with Crippen molar-refractivity contribution in [3.05, 3.63) is 65.7 Å². The van der Waals surface area contributed by atoms with Gasteiger partial charge < -0.3 is 4.74 Å². The van der Waals surface area contributed by atoms with E-state index in [-0.39, 0.29) is 0 Å². The van der Waals surface area contributed by atoms with Gasteiger partial charge in [-0.15, -0.1) is 11.6 Å². The molecule has 0 unspecified atom stereocenters. The molecular weight excluding hydrogens is 244 g/mol. The van der Waals surface area contributed by atoms with Crippen LogP contribution in [0.5, 0.6) is 5.75 Å². The van der Waals surface area contributed by atoms with Crippen LogP contribution in [0.1, 0.15) is 11.1 Å². The molecule has 0 aliphatic heterocycles. The zero-order chi connectivity index (χ0) is 12.6. The molecule has 0 N–H and O–H groups in total. The topological polar surface area (TPSA) is 9.23 Å². The molecule has 92 valence electrons. The maximum Gasteiger partial charge on any atom is 0.126 e. The molecule has 0 aromatic heterocycles. The van der Waals surface area contributed by atoms with Crippen LogP contribution in [0.25, 0.3) is 12.2 Å². The molecular formula is C16H15ClO. The predicted octanol–water partition coefficient (Wildman–Crippen LogP) is 4.47. The normalized spacial score (nSPS) is 10.7. The van der Waals surface area contributed by atoms with Crippen LogP contribution in [0.15, 0.2) is 54.6 Å². The lowest BCUT2D eigenvalue weighted by Crippen LogP contribution is -1.99. The fraction of sp³-hybridized carbons (Fsp3) is 0.125. The van der Waals surface area contributed by atoms with Gasteiger partial charge in [-0.2, -0.15) is 0 Å². The first-order chi connectivity index (χ1) is 8.90. The molecule has 18 heavy (non-hydrogen) atoms. The van der Waals surface area contributed by atoms with Gasteiger partial charge in [-0.25, -0.2) is 0 Å². The van der Waals surface area contributed by atoms with E-state index in [9.17, 15) is 0 Å². The van der Waals surface area contributed by atoms with Crippen LogP contribution in [-0.4, -0.2) is 12.5 Å². The number of alkyl halides is 1. The quantitative estimate of drug-likeness (QED) is 0.568. The van der Waals surface area contributed by atoms with Crippen molar-refractivity contribution in [1.29, 1.82) is 0 Å². The Bertz CT molecular complexity index is 506. The van der Waals surface area contributed by atoms with E-state index < -0.39 is 0 Å². The first-order valence-electron chi connectivity index (χ1n) is 5.91. The second-order valence-corrected chi connectivity index (χ2v) is 4.20. The minimum Gasteiger partial charge on any atom is -0.492 e. The van der Waals surface area contributed by atoms with Crippen LogP contribution < -0.4 is 4.74 Å². The lowest BCUT2D eigenvalue weighted by molar-refractivity contribution is 0.342. The Morgan fingerprint density at radius 2 is 1.61 bits per heavy atom. The van der Waals surface area contributed by atoms with Crippen molar-refractivity contribution >= 4 is 23.8 Å². The molecule has 0 atom stereocenters. The summed E-state index contributed by atoms with van der Waals surface area (Å²) < 4.78 is 5.59. The average molecular weight is 259 g/mol. The molecule has 2 rings (SSSR count). The molecule has 2 aromatic rings. The van der Waals surface area contributed by atoms with E-state index in [2.05, 4.69) is 24.3 Å². The maximum absolute atomic E-state index is 5.63. The van der Waals surface area contributed by atoms with E-state index in [4.69, 9.17) is 16.3 Å². The zero-order valence-electron chi connectivity index (χ0n) is 10.1. The highest BCUT2D eigenvalue weighted by atomic mass is 35.5. The molecule has 0 spiro atoms. The molecule has 0 radical (unpaired) electrons. The molecule has 0 fully saturated rings. The Morgan fingerprint density at radius 1 is 0.889 bits per heavy atom. The highest BCUT2D eigenvalue weighted by Crippen LogP contribution is 2.20. The predicted molar refractivity (Wildman–Crippen MR) is 78.0 cm³/mol. The third kappa shape index (κ3) is 3.64. The summed E-state index contributed by atoms with van der Waals surface area (Å²) in [5, 5.41) is 0. The SMILES string of the molecule is ClCCOc1ccccc1C=Cc1ccccc1. The van der Waals surface area contributed by atoms with Crippen LogP contribution in [0.3, 0.4) is 0 Å². The second kappa shape index (κ2) is 6.87. The van der Waals surface area contributed by atoms with E-state index in [0.717, 1.165) is 11.3 Å². The Labute approximate surface area is 113 Å². The number of hydrogen-bond acceptors (Lipinski definition) is 1. The van der Waals surface area contributed by atoms with E-state index >= 15 is 0 Å². The molecule has 0 heterocycles. The van der Waals surface area contributed by atoms with Gasteiger partial charge >= 0.3 is 0 Å². The number of para-hydroxylation sites is 1. The first-order valence-corrected chi connectivity index (χ1v) is 6.44. The molecule has 1 nitrogen and oxygen atoms in total. The van der Waals surface area contributed by atoms with Crippen LogP contribution in [0.4, 0.5) is 0 Å². The third-order valence-electron chi connectivity index (χ3n) is 2.51. The van der Waals surface area contributed by atoms with Crippen molar-refractivity contribution in [3.8, 4) is 5.75 Å². The molecule has 2 heteroatoms. The van der Waals surface area contributed by atoms with Gasteiger partial charge in [0.15, 0.2) is 0 Å². The van der Waals surface area contributed by atoms with Crippen molar-refractivity contribution in [2.45, 2.75) is 0 Å². The average Bonchev–Trinajstić information content (AvgIpc) is 2.45. The Hall–Kier alpha value is -1.73. The Balaban J connectivity index is 2.15. The monoisotopic (exact) mass is 258 g/mol. The minimum atomic E-state index is 0.497. The number of rotatable bonds is 5. The van der Waals surface area contributed by atoms with E-state index in [1.165, 1.54) is 5.56 Å². The lowest BCUT2D eigenvalue weighted by atomic mass is 10.1. The zero-order valence-corrected chi connectivity index (χ0v) is 10.8. The summed E-state index contributed by atoms with van der Waals surface area (Å²) in [4.78, 5) is 0. The number of hydrogen-bond donors (Lipinski definition) is 0. The molecule has 0 amide bonds. The van der Waals surface area contributed by atoms with Crippen molar-refractivity contribution in [1.82, 2.24) is 0 Å². The van der Waals surface area contributed by atoms with Crippen molar-refractivity contribution in [2.24, 2.45) is 0 Å². The van der Waals surface area contributed by atoms with Crippen LogP contribution in [0.2, 0.25) is 0 Å². The Morgan fingerprint density at radius 3 is 2.39 bits per heavy atom. The van der Waals surface area contributed by atoms with Gasteiger partial charge in [-0.3, -0.25) is 0 Å². The maximum atomic E-state index is 5.63. The summed E-state index contributed by atoms with van der Waals surface area (Å²) in [6.45, 7) is 0.526. The van der Waals surface area contributed by atoms with E-state index in [1.54, 1.807) is 0 Å². The van der Waals surface area contributed by atoms with E-state index in [0.29, 0.717) is 12.5 Å². The van der Waals surface area contributed by atoms with Crippen molar-refractivity contribution < 1.29 is 4.74 Å². The van der Waals surface area contributed by atoms with Crippen molar-refractivity contribution in [3.63, 3.8) is 0 Å². The molecule has 2 aromatic carbocycles. The van der Waals surface area contributed by atoms with Crippen molar-refractivity contribution in [2.75, 3.05) is 12.5 Å². The van der Waals surface area contributed by atoms with Crippen LogP contribution >= 0.6 is 11.6 Å². The molecule has 0 saturated carbocycles. The highest BCUT2D eigenvalue weighted by molar-refractivity contribution is 6.18. The van der Waals surface area contributed by atoms with Crippen LogP contribution in [-0.2, 0) is 0 Å². The molecule has 0 saturated heterocycles. The minimum absolute atomic E-state index is 0.497. The first kappa shape index (κ1) is 12.7. The summed E-state index contributed by atoms with van der Waals surface area (Å²) in [6.07, 6.45) is 4.13. The van der Waals surface area contributed by atoms with Gasteiger partial charge in [0.1, 0.15) is 12.4 Å². The number of ether oxygens (including phenoxy) is 1. The summed E-state index contributed by atoms with van der Waals surface area (Å²) in [7, 11) is 0. The lowest BCUT2D eigenvalue weighted by Gasteiger charge is -2.07. The Kier molecular flexibility index (Phi) is 4.86. The fourth-order valence-electron chi connectivity index (χ4n) is 1.65. The van der Waals surface area contributed by atoms with E-state index in [1.807, 2.05) is 42.5 Å². The highest BCUT2D eigenvalue weighted by Gasteiger charge is 1.98. The van der Waals surface area contributed by atoms with Gasteiger partial charge in [-0.1, -0.05) is 60.7 Å². The summed E-state index contributed by atoms with van der Waals surface area (Å²) in [5.74, 6) is 1.36. The standard InChI is InChI=1S/C16H15ClO/c17-12-13-18-16-9-5-4-8-15(16)11-10-14-6-2-1-3-7-14/h1-11H,12-13H2. The van der Waals surface area contributed by atoms with Crippen LogP contribution in [0, 0.1) is 0 Å². The summed E-state index contributed by atoms with van der Waals surface area (Å²) in [6, 6.07) is 18.1. The van der Waals surface area contributed by atoms with Gasteiger partial charge in [0.2, 0.25) is 0 Å². The second-order valence-electron chi connectivity index (χ2n) is 3.82. The number of halogens is 1. The molecule has 0 aliphatic carbocycles. The molecule has 0 bridgehead atoms. The molecule has 0 aliphatic rings. The number of benzene rings is 2. The van der Waals surface area contributed by atoms with Gasteiger partial charge in [0.05, 0.1) is 5.88 Å².